The minimum Gasteiger partial charge on any atom is -0.375 e. The van der Waals surface area contributed by atoms with Gasteiger partial charge in [0.2, 0.25) is 11.8 Å². The maximum absolute atomic E-state index is 13.9. The van der Waals surface area contributed by atoms with Crippen LogP contribution in [0.3, 0.4) is 0 Å². The van der Waals surface area contributed by atoms with E-state index in [0.29, 0.717) is 6.54 Å². The highest BCUT2D eigenvalue weighted by atomic mass is 19.1. The molecule has 0 spiro atoms. The molecule has 2 aromatic carbocycles. The number of carbonyl (C=O) groups is 2. The van der Waals surface area contributed by atoms with E-state index >= 15 is 0 Å². The topological polar surface area (TPSA) is 52.7 Å². The number of anilines is 2. The Bertz CT molecular complexity index is 845. The zero-order valence-electron chi connectivity index (χ0n) is 15.7. The van der Waals surface area contributed by atoms with Gasteiger partial charge in [-0.05, 0) is 30.7 Å². The highest BCUT2D eigenvalue weighted by Gasteiger charge is 2.36. The van der Waals surface area contributed by atoms with Crippen molar-refractivity contribution in [3.8, 4) is 0 Å². The molecule has 5 nitrogen and oxygen atoms in total. The molecule has 0 radical (unpaired) electrons. The summed E-state index contributed by atoms with van der Waals surface area (Å²) >= 11 is 0. The molecular formula is C21H23F2N3O2. The molecule has 1 atom stereocenters. The number of benzene rings is 2. The molecule has 2 amide bonds. The molecule has 1 fully saturated rings. The second-order valence-corrected chi connectivity index (χ2v) is 6.90. The van der Waals surface area contributed by atoms with Gasteiger partial charge in [-0.25, -0.2) is 8.78 Å². The second-order valence-electron chi connectivity index (χ2n) is 6.90. The second kappa shape index (κ2) is 8.82. The molecular weight excluding hydrogens is 364 g/mol. The Morgan fingerprint density at radius 2 is 1.96 bits per heavy atom. The van der Waals surface area contributed by atoms with Gasteiger partial charge in [0.25, 0.3) is 0 Å². The van der Waals surface area contributed by atoms with E-state index in [-0.39, 0.29) is 30.5 Å². The molecule has 28 heavy (non-hydrogen) atoms. The van der Waals surface area contributed by atoms with Crippen molar-refractivity contribution < 1.29 is 18.4 Å². The zero-order valence-corrected chi connectivity index (χ0v) is 15.7. The van der Waals surface area contributed by atoms with Crippen LogP contribution in [0.2, 0.25) is 0 Å². The Hall–Kier alpha value is -2.96. The van der Waals surface area contributed by atoms with E-state index in [0.717, 1.165) is 30.8 Å². The number of amides is 2. The molecule has 7 heteroatoms. The summed E-state index contributed by atoms with van der Waals surface area (Å²) in [6.45, 7) is 1.36. The minimum absolute atomic E-state index is 0.00573. The van der Waals surface area contributed by atoms with E-state index < -0.39 is 17.6 Å². The van der Waals surface area contributed by atoms with Crippen LogP contribution in [0.5, 0.6) is 0 Å². The Balaban J connectivity index is 1.47. The van der Waals surface area contributed by atoms with Gasteiger partial charge >= 0.3 is 0 Å². The normalized spacial score (nSPS) is 16.3. The SMILES string of the molecule is CN(CCCNC(=O)[C@@H]1CC(=O)N(c2ccc(F)cc2F)C1)c1ccccc1. The van der Waals surface area contributed by atoms with Crippen molar-refractivity contribution in [2.24, 2.45) is 5.92 Å². The molecule has 3 rings (SSSR count). The average molecular weight is 387 g/mol. The molecule has 0 saturated carbocycles. The van der Waals surface area contributed by atoms with Crippen LogP contribution in [0.25, 0.3) is 0 Å². The van der Waals surface area contributed by atoms with Gasteiger partial charge in [-0.2, -0.15) is 0 Å². The van der Waals surface area contributed by atoms with Crippen molar-refractivity contribution in [1.29, 1.82) is 0 Å². The average Bonchev–Trinajstić information content (AvgIpc) is 3.07. The monoisotopic (exact) mass is 387 g/mol. The highest BCUT2D eigenvalue weighted by molar-refractivity contribution is 6.00. The Morgan fingerprint density at radius 1 is 1.21 bits per heavy atom. The summed E-state index contributed by atoms with van der Waals surface area (Å²) in [6.07, 6.45) is 0.778. The molecule has 2 aromatic rings. The minimum atomic E-state index is -0.807. The van der Waals surface area contributed by atoms with Gasteiger partial charge in [-0.3, -0.25) is 9.59 Å². The van der Waals surface area contributed by atoms with E-state index in [2.05, 4.69) is 10.2 Å². The lowest BCUT2D eigenvalue weighted by Gasteiger charge is -2.19. The zero-order chi connectivity index (χ0) is 20.1. The summed E-state index contributed by atoms with van der Waals surface area (Å²) in [6, 6.07) is 13.0. The Morgan fingerprint density at radius 3 is 2.68 bits per heavy atom. The van der Waals surface area contributed by atoms with Crippen LogP contribution in [0.1, 0.15) is 12.8 Å². The summed E-state index contributed by atoms with van der Waals surface area (Å²) in [5.74, 6) is -2.61. The lowest BCUT2D eigenvalue weighted by atomic mass is 10.1. The van der Waals surface area contributed by atoms with Crippen LogP contribution < -0.4 is 15.1 Å². The first-order chi connectivity index (χ1) is 13.5. The van der Waals surface area contributed by atoms with Crippen LogP contribution in [0, 0.1) is 17.6 Å². The summed E-state index contributed by atoms with van der Waals surface area (Å²) in [5.41, 5.74) is 1.11. The smallest absolute Gasteiger partial charge is 0.227 e. The van der Waals surface area contributed by atoms with Gasteiger partial charge in [-0.1, -0.05) is 18.2 Å². The number of rotatable bonds is 7. The quantitative estimate of drug-likeness (QED) is 0.744. The van der Waals surface area contributed by atoms with Crippen LogP contribution in [0.4, 0.5) is 20.2 Å². The molecule has 1 aliphatic heterocycles. The van der Waals surface area contributed by atoms with Crippen LogP contribution in [0.15, 0.2) is 48.5 Å². The molecule has 0 unspecified atom stereocenters. The fourth-order valence-corrected chi connectivity index (χ4v) is 3.30. The first kappa shape index (κ1) is 19.8. The van der Waals surface area contributed by atoms with Crippen molar-refractivity contribution in [2.45, 2.75) is 12.8 Å². The Labute approximate surface area is 162 Å². The van der Waals surface area contributed by atoms with Gasteiger partial charge in [0.15, 0.2) is 0 Å². The number of hydrogen-bond donors (Lipinski definition) is 1. The van der Waals surface area contributed by atoms with E-state index in [1.54, 1.807) is 0 Å². The summed E-state index contributed by atoms with van der Waals surface area (Å²) in [5, 5.41) is 2.85. The summed E-state index contributed by atoms with van der Waals surface area (Å²) < 4.78 is 27.0. The molecule has 0 aromatic heterocycles. The largest absolute Gasteiger partial charge is 0.375 e. The lowest BCUT2D eigenvalue weighted by Crippen LogP contribution is -2.34. The van der Waals surface area contributed by atoms with Crippen molar-refractivity contribution in [3.63, 3.8) is 0 Å². The number of hydrogen-bond acceptors (Lipinski definition) is 3. The Kier molecular flexibility index (Phi) is 6.23. The number of para-hydroxylation sites is 1. The van der Waals surface area contributed by atoms with Crippen LogP contribution in [-0.2, 0) is 9.59 Å². The van der Waals surface area contributed by atoms with E-state index in [4.69, 9.17) is 0 Å². The molecule has 1 aliphatic rings. The van der Waals surface area contributed by atoms with E-state index in [9.17, 15) is 18.4 Å². The predicted octanol–water partition coefficient (Wildman–Crippen LogP) is 2.96. The van der Waals surface area contributed by atoms with Crippen molar-refractivity contribution in [3.05, 3.63) is 60.2 Å². The fourth-order valence-electron chi connectivity index (χ4n) is 3.30. The van der Waals surface area contributed by atoms with E-state index in [1.165, 1.54) is 11.0 Å². The third-order valence-corrected chi connectivity index (χ3v) is 4.86. The maximum Gasteiger partial charge on any atom is 0.227 e. The third kappa shape index (κ3) is 4.65. The first-order valence-corrected chi connectivity index (χ1v) is 9.25. The number of nitrogens with zero attached hydrogens (tertiary/aromatic N) is 2. The summed E-state index contributed by atoms with van der Waals surface area (Å²) in [4.78, 5) is 27.9. The van der Waals surface area contributed by atoms with Gasteiger partial charge in [0, 0.05) is 44.9 Å². The molecule has 148 valence electrons. The van der Waals surface area contributed by atoms with Gasteiger partial charge < -0.3 is 15.1 Å². The van der Waals surface area contributed by atoms with Gasteiger partial charge in [-0.15, -0.1) is 0 Å². The lowest BCUT2D eigenvalue weighted by molar-refractivity contribution is -0.126. The molecule has 1 heterocycles. The molecule has 0 aliphatic carbocycles. The fraction of sp³-hybridized carbons (Fsp3) is 0.333. The molecule has 1 N–H and O–H groups in total. The van der Waals surface area contributed by atoms with Crippen molar-refractivity contribution in [1.82, 2.24) is 5.32 Å². The number of nitrogens with one attached hydrogen (secondary N) is 1. The van der Waals surface area contributed by atoms with E-state index in [1.807, 2.05) is 37.4 Å². The van der Waals surface area contributed by atoms with Gasteiger partial charge in [0.1, 0.15) is 11.6 Å². The van der Waals surface area contributed by atoms with Gasteiger partial charge in [0.05, 0.1) is 11.6 Å². The van der Waals surface area contributed by atoms with Crippen LogP contribution in [-0.4, -0.2) is 38.5 Å². The predicted molar refractivity (Wildman–Crippen MR) is 104 cm³/mol. The molecule has 0 bridgehead atoms. The third-order valence-electron chi connectivity index (χ3n) is 4.86. The molecule has 1 saturated heterocycles. The highest BCUT2D eigenvalue weighted by Crippen LogP contribution is 2.28. The maximum atomic E-state index is 13.9. The number of carbonyl (C=O) groups excluding carboxylic acids is 2. The number of halogens is 2. The van der Waals surface area contributed by atoms with Crippen LogP contribution >= 0.6 is 0 Å². The first-order valence-electron chi connectivity index (χ1n) is 9.25. The standard InChI is InChI=1S/C21H23F2N3O2/c1-25(17-6-3-2-4-7-17)11-5-10-24-21(28)15-12-20(27)26(14-15)19-9-8-16(22)13-18(19)23/h2-4,6-9,13,15H,5,10-12,14H2,1H3,(H,24,28)/t15-/m1/s1. The van der Waals surface area contributed by atoms with Crippen molar-refractivity contribution in [2.75, 3.05) is 36.5 Å². The van der Waals surface area contributed by atoms with Crippen molar-refractivity contribution >= 4 is 23.2 Å². The summed E-state index contributed by atoms with van der Waals surface area (Å²) in [7, 11) is 1.99.